The Labute approximate surface area is 187 Å². The molecule has 0 atom stereocenters. The van der Waals surface area contributed by atoms with Gasteiger partial charge in [0.25, 0.3) is 5.92 Å². The summed E-state index contributed by atoms with van der Waals surface area (Å²) in [6, 6.07) is 8.56. The molecule has 1 fully saturated rings. The predicted molar refractivity (Wildman–Crippen MR) is 117 cm³/mol. The first-order chi connectivity index (χ1) is 14.9. The van der Waals surface area contributed by atoms with Gasteiger partial charge in [0.15, 0.2) is 0 Å². The van der Waals surface area contributed by atoms with E-state index in [1.54, 1.807) is 12.1 Å². The van der Waals surface area contributed by atoms with Crippen molar-refractivity contribution in [2.24, 2.45) is 0 Å². The van der Waals surface area contributed by atoms with Gasteiger partial charge in [-0.2, -0.15) is 0 Å². The molecule has 0 saturated carbocycles. The molecular weight excluding hydrogens is 462 g/mol. The minimum absolute atomic E-state index is 0.0501. The zero-order valence-electron chi connectivity index (χ0n) is 17.8. The number of benzene rings is 1. The zero-order valence-corrected chi connectivity index (χ0v) is 19.4. The lowest BCUT2D eigenvalue weighted by Gasteiger charge is -2.32. The van der Waals surface area contributed by atoms with Gasteiger partial charge >= 0.3 is 0 Å². The molecule has 0 aliphatic carbocycles. The maximum atomic E-state index is 13.5. The standard InChI is InChI=1S/C20H26F2N4O4S2/c1-20(21,22)16-5-3-4-15(12-16)13-25-32(29,30)18-6-7-19(24-14-18)26-10-8-17(9-11-26)31(27,28)23-2/h3-7,12,14,17,23,25H,8-11,13H2,1-2H3. The summed E-state index contributed by atoms with van der Waals surface area (Å²) < 4.78 is 80.7. The van der Waals surface area contributed by atoms with Crippen molar-refractivity contribution >= 4 is 25.9 Å². The number of hydrogen-bond acceptors (Lipinski definition) is 6. The Morgan fingerprint density at radius 3 is 2.38 bits per heavy atom. The molecule has 0 spiro atoms. The Balaban J connectivity index is 1.63. The summed E-state index contributed by atoms with van der Waals surface area (Å²) in [5.41, 5.74) is 0.225. The van der Waals surface area contributed by atoms with Crippen LogP contribution in [0.15, 0.2) is 47.5 Å². The molecule has 2 aromatic rings. The van der Waals surface area contributed by atoms with Crippen molar-refractivity contribution in [2.75, 3.05) is 25.0 Å². The summed E-state index contributed by atoms with van der Waals surface area (Å²) in [7, 11) is -5.82. The molecule has 0 unspecified atom stereocenters. The van der Waals surface area contributed by atoms with Crippen LogP contribution >= 0.6 is 0 Å². The fraction of sp³-hybridized carbons (Fsp3) is 0.450. The normalized spacial score (nSPS) is 16.3. The first-order valence-corrected chi connectivity index (χ1v) is 13.1. The SMILES string of the molecule is CNS(=O)(=O)C1CCN(c2ccc(S(=O)(=O)NCc3cccc(C(C)(F)F)c3)cn2)CC1. The van der Waals surface area contributed by atoms with E-state index in [1.807, 2.05) is 4.90 Å². The molecule has 0 radical (unpaired) electrons. The highest BCUT2D eigenvalue weighted by Gasteiger charge is 2.29. The van der Waals surface area contributed by atoms with Gasteiger partial charge in [-0.25, -0.2) is 40.0 Å². The average molecular weight is 489 g/mol. The fourth-order valence-electron chi connectivity index (χ4n) is 3.50. The lowest BCUT2D eigenvalue weighted by atomic mass is 10.1. The molecule has 2 N–H and O–H groups in total. The smallest absolute Gasteiger partial charge is 0.270 e. The quantitative estimate of drug-likeness (QED) is 0.590. The summed E-state index contributed by atoms with van der Waals surface area (Å²) in [5.74, 6) is -2.46. The van der Waals surface area contributed by atoms with Crippen LogP contribution in [0.4, 0.5) is 14.6 Å². The minimum atomic E-state index is -3.89. The molecule has 1 aromatic carbocycles. The highest BCUT2D eigenvalue weighted by atomic mass is 32.2. The molecule has 8 nitrogen and oxygen atoms in total. The molecule has 0 amide bonds. The molecule has 1 aliphatic rings. The number of sulfonamides is 2. The Bertz CT molecular complexity index is 1140. The van der Waals surface area contributed by atoms with E-state index in [-0.39, 0.29) is 17.0 Å². The highest BCUT2D eigenvalue weighted by Crippen LogP contribution is 2.27. The maximum absolute atomic E-state index is 13.5. The summed E-state index contributed by atoms with van der Waals surface area (Å²) in [5, 5.41) is -0.459. The number of alkyl halides is 2. The number of pyridine rings is 1. The molecule has 1 saturated heterocycles. The number of aromatic nitrogens is 1. The number of nitrogens with zero attached hydrogens (tertiary/aromatic N) is 2. The van der Waals surface area contributed by atoms with Crippen LogP contribution in [-0.2, 0) is 32.5 Å². The van der Waals surface area contributed by atoms with Crippen LogP contribution in [0.2, 0.25) is 0 Å². The summed E-state index contributed by atoms with van der Waals surface area (Å²) >= 11 is 0. The van der Waals surface area contributed by atoms with Crippen LogP contribution in [0.1, 0.15) is 30.9 Å². The number of anilines is 1. The van der Waals surface area contributed by atoms with Crippen molar-refractivity contribution in [3.05, 3.63) is 53.7 Å². The molecule has 0 bridgehead atoms. The molecule has 32 heavy (non-hydrogen) atoms. The third-order valence-electron chi connectivity index (χ3n) is 5.42. The van der Waals surface area contributed by atoms with Crippen LogP contribution < -0.4 is 14.3 Å². The summed E-state index contributed by atoms with van der Waals surface area (Å²) in [6.45, 7) is 1.62. The van der Waals surface area contributed by atoms with Crippen molar-refractivity contribution < 1.29 is 25.6 Å². The van der Waals surface area contributed by atoms with E-state index in [1.165, 1.54) is 37.5 Å². The zero-order chi connectivity index (χ0) is 23.6. The second kappa shape index (κ2) is 9.38. The highest BCUT2D eigenvalue weighted by molar-refractivity contribution is 7.90. The molecule has 12 heteroatoms. The Kier molecular flexibility index (Phi) is 7.18. The van der Waals surface area contributed by atoms with Crippen molar-refractivity contribution in [3.63, 3.8) is 0 Å². The van der Waals surface area contributed by atoms with E-state index in [9.17, 15) is 25.6 Å². The topological polar surface area (TPSA) is 108 Å². The monoisotopic (exact) mass is 488 g/mol. The van der Waals surface area contributed by atoms with Crippen LogP contribution in [0.25, 0.3) is 0 Å². The second-order valence-corrected chi connectivity index (χ2v) is 11.6. The van der Waals surface area contributed by atoms with Gasteiger partial charge in [-0.15, -0.1) is 0 Å². The van der Waals surface area contributed by atoms with Gasteiger partial charge < -0.3 is 4.90 Å². The number of halogens is 2. The first-order valence-electron chi connectivity index (χ1n) is 10.0. The molecule has 176 valence electrons. The van der Waals surface area contributed by atoms with Gasteiger partial charge in [-0.3, -0.25) is 0 Å². The molecule has 2 heterocycles. The van der Waals surface area contributed by atoms with E-state index in [0.29, 0.717) is 37.3 Å². The lowest BCUT2D eigenvalue weighted by molar-refractivity contribution is 0.0174. The van der Waals surface area contributed by atoms with Gasteiger partial charge in [0.2, 0.25) is 20.0 Å². The maximum Gasteiger partial charge on any atom is 0.270 e. The lowest BCUT2D eigenvalue weighted by Crippen LogP contribution is -2.42. The van der Waals surface area contributed by atoms with Gasteiger partial charge in [-0.05, 0) is 43.7 Å². The van der Waals surface area contributed by atoms with Crippen molar-refractivity contribution in [1.82, 2.24) is 14.4 Å². The van der Waals surface area contributed by atoms with E-state index in [2.05, 4.69) is 14.4 Å². The minimum Gasteiger partial charge on any atom is -0.357 e. The number of piperidine rings is 1. The van der Waals surface area contributed by atoms with E-state index in [0.717, 1.165) is 6.92 Å². The van der Waals surface area contributed by atoms with Gasteiger partial charge in [-0.1, -0.05) is 18.2 Å². The third kappa shape index (κ3) is 5.80. The molecule has 1 aliphatic heterocycles. The predicted octanol–water partition coefficient (Wildman–Crippen LogP) is 2.19. The number of nitrogens with one attached hydrogen (secondary N) is 2. The third-order valence-corrected chi connectivity index (χ3v) is 8.73. The Morgan fingerprint density at radius 1 is 1.12 bits per heavy atom. The van der Waals surface area contributed by atoms with E-state index in [4.69, 9.17) is 0 Å². The van der Waals surface area contributed by atoms with Crippen LogP contribution in [0.5, 0.6) is 0 Å². The average Bonchev–Trinajstić information content (AvgIpc) is 2.77. The first kappa shape index (κ1) is 24.5. The number of hydrogen-bond donors (Lipinski definition) is 2. The summed E-state index contributed by atoms with van der Waals surface area (Å²) in [4.78, 5) is 6.07. The van der Waals surface area contributed by atoms with Gasteiger partial charge in [0.1, 0.15) is 10.7 Å². The Morgan fingerprint density at radius 2 is 1.81 bits per heavy atom. The van der Waals surface area contributed by atoms with Crippen LogP contribution in [0.3, 0.4) is 0 Å². The van der Waals surface area contributed by atoms with Crippen molar-refractivity contribution in [2.45, 2.75) is 42.4 Å². The van der Waals surface area contributed by atoms with Crippen molar-refractivity contribution in [3.8, 4) is 0 Å². The Hall–Kier alpha value is -2.15. The van der Waals surface area contributed by atoms with Crippen LogP contribution in [-0.4, -0.2) is 47.2 Å². The molecule has 3 rings (SSSR count). The van der Waals surface area contributed by atoms with Crippen LogP contribution in [0, 0.1) is 0 Å². The summed E-state index contributed by atoms with van der Waals surface area (Å²) in [6.07, 6.45) is 2.12. The van der Waals surface area contributed by atoms with Gasteiger partial charge in [0, 0.05) is 38.3 Å². The molecular formula is C20H26F2N4O4S2. The van der Waals surface area contributed by atoms with Crippen molar-refractivity contribution in [1.29, 1.82) is 0 Å². The largest absolute Gasteiger partial charge is 0.357 e. The van der Waals surface area contributed by atoms with E-state index >= 15 is 0 Å². The second-order valence-electron chi connectivity index (χ2n) is 7.70. The van der Waals surface area contributed by atoms with E-state index < -0.39 is 31.2 Å². The fourth-order valence-corrected chi connectivity index (χ4v) is 5.62. The number of rotatable bonds is 8. The molecule has 1 aromatic heterocycles. The van der Waals surface area contributed by atoms with Gasteiger partial charge in [0.05, 0.1) is 5.25 Å².